The first-order chi connectivity index (χ1) is 19.0. The van der Waals surface area contributed by atoms with Crippen LogP contribution in [-0.4, -0.2) is 47.3 Å². The minimum atomic E-state index is -0.359. The fourth-order valence-electron chi connectivity index (χ4n) is 9.68. The Kier molecular flexibility index (Phi) is 6.70. The number of fused-ring (bicyclic) bond motifs is 3. The van der Waals surface area contributed by atoms with Crippen molar-refractivity contribution in [3.63, 3.8) is 0 Å². The summed E-state index contributed by atoms with van der Waals surface area (Å²) in [5, 5.41) is 12.1. The van der Waals surface area contributed by atoms with Gasteiger partial charge in [-0.05, 0) is 75.7 Å². The maximum atomic E-state index is 12.4. The van der Waals surface area contributed by atoms with Gasteiger partial charge in [0.25, 0.3) is 0 Å². The Labute approximate surface area is 233 Å². The predicted molar refractivity (Wildman–Crippen MR) is 148 cm³/mol. The summed E-state index contributed by atoms with van der Waals surface area (Å²) in [4.78, 5) is 15.1. The van der Waals surface area contributed by atoms with Crippen LogP contribution in [0.2, 0.25) is 0 Å². The Balaban J connectivity index is 1.18. The standard InChI is InChI=1S/C33H45NO5/c1-18-27-25-15-12-21-11-13-24(14-16-26(27)38-31(18)32-30(37-3)19(2)33(36)39-32)34(25)28(21)29(35)23-10-6-9-22(17-23)20-7-4-5-8-20/h6,10,16,18,20-25,27-29,35H,4-5,7-9,11-15,17H2,1-3H3. The van der Waals surface area contributed by atoms with E-state index >= 15 is 0 Å². The quantitative estimate of drug-likeness (QED) is 0.352. The van der Waals surface area contributed by atoms with Gasteiger partial charge in [-0.3, -0.25) is 4.90 Å². The highest BCUT2D eigenvalue weighted by Gasteiger charge is 2.55. The Bertz CT molecular complexity index is 1130. The fraction of sp³-hybridized carbons (Fsp3) is 0.727. The van der Waals surface area contributed by atoms with Crippen LogP contribution in [0, 0.1) is 35.5 Å². The molecule has 0 amide bonds. The minimum absolute atomic E-state index is 0.0662. The van der Waals surface area contributed by atoms with Crippen molar-refractivity contribution in [2.45, 2.75) is 109 Å². The van der Waals surface area contributed by atoms with Gasteiger partial charge in [0.2, 0.25) is 5.76 Å². The molecule has 9 unspecified atom stereocenters. The summed E-state index contributed by atoms with van der Waals surface area (Å²) < 4.78 is 17.8. The van der Waals surface area contributed by atoms with Gasteiger partial charge in [-0.1, -0.05) is 44.8 Å². The highest BCUT2D eigenvalue weighted by molar-refractivity contribution is 5.93. The molecule has 4 fully saturated rings. The van der Waals surface area contributed by atoms with Crippen LogP contribution in [0.25, 0.3) is 0 Å². The zero-order valence-electron chi connectivity index (χ0n) is 23.8. The van der Waals surface area contributed by atoms with Gasteiger partial charge in [0.05, 0.1) is 18.8 Å². The molecule has 5 heterocycles. The smallest absolute Gasteiger partial charge is 0.343 e. The Morgan fingerprint density at radius 1 is 1.03 bits per heavy atom. The van der Waals surface area contributed by atoms with Gasteiger partial charge in [0.1, 0.15) is 5.76 Å². The number of hydrogen-bond acceptors (Lipinski definition) is 6. The Morgan fingerprint density at radius 3 is 2.62 bits per heavy atom. The number of nitrogens with zero attached hydrogens (tertiary/aromatic N) is 1. The molecule has 0 aromatic rings. The molecule has 1 N–H and O–H groups in total. The molecule has 0 spiro atoms. The van der Waals surface area contributed by atoms with E-state index in [1.807, 2.05) is 0 Å². The van der Waals surface area contributed by atoms with Crippen molar-refractivity contribution in [2.75, 3.05) is 7.11 Å². The van der Waals surface area contributed by atoms with Gasteiger partial charge in [-0.2, -0.15) is 0 Å². The lowest BCUT2D eigenvalue weighted by molar-refractivity contribution is -0.133. The van der Waals surface area contributed by atoms with Crippen LogP contribution in [-0.2, 0) is 19.0 Å². The number of rotatable bonds is 4. The molecule has 3 saturated heterocycles. The summed E-state index contributed by atoms with van der Waals surface area (Å²) in [6.45, 7) is 3.95. The normalized spacial score (nSPS) is 43.1. The van der Waals surface area contributed by atoms with Crippen molar-refractivity contribution in [1.82, 2.24) is 4.90 Å². The van der Waals surface area contributed by atoms with E-state index in [0.29, 0.717) is 35.1 Å². The van der Waals surface area contributed by atoms with E-state index in [9.17, 15) is 9.90 Å². The largest absolute Gasteiger partial charge is 0.492 e. The fourth-order valence-corrected chi connectivity index (χ4v) is 9.68. The van der Waals surface area contributed by atoms with Crippen LogP contribution >= 0.6 is 0 Å². The molecule has 0 aromatic carbocycles. The zero-order chi connectivity index (χ0) is 26.8. The van der Waals surface area contributed by atoms with Gasteiger partial charge in [-0.25, -0.2) is 4.79 Å². The summed E-state index contributed by atoms with van der Waals surface area (Å²) in [6.07, 6.45) is 20.2. The molecule has 212 valence electrons. The van der Waals surface area contributed by atoms with Crippen LogP contribution in [0.5, 0.6) is 0 Å². The second-order valence-electron chi connectivity index (χ2n) is 13.4. The number of aliphatic hydroxyl groups is 1. The average molecular weight is 536 g/mol. The third-order valence-electron chi connectivity index (χ3n) is 11.6. The van der Waals surface area contributed by atoms with Gasteiger partial charge < -0.3 is 19.3 Å². The van der Waals surface area contributed by atoms with Crippen molar-refractivity contribution in [3.8, 4) is 0 Å². The van der Waals surface area contributed by atoms with E-state index < -0.39 is 0 Å². The summed E-state index contributed by atoms with van der Waals surface area (Å²) in [6, 6.07) is 0.979. The van der Waals surface area contributed by atoms with Crippen molar-refractivity contribution >= 4 is 5.97 Å². The number of esters is 1. The highest BCUT2D eigenvalue weighted by Crippen LogP contribution is 2.54. The maximum Gasteiger partial charge on any atom is 0.343 e. The first-order valence-corrected chi connectivity index (χ1v) is 15.7. The van der Waals surface area contributed by atoms with E-state index in [1.165, 1.54) is 44.9 Å². The van der Waals surface area contributed by atoms with Crippen molar-refractivity contribution in [1.29, 1.82) is 0 Å². The number of methoxy groups -OCH3 is 1. The molecule has 0 aromatic heterocycles. The second kappa shape index (κ2) is 10.1. The zero-order valence-corrected chi connectivity index (χ0v) is 23.8. The van der Waals surface area contributed by atoms with Crippen LogP contribution in [0.1, 0.15) is 84.5 Å². The molecule has 6 nitrogen and oxygen atoms in total. The van der Waals surface area contributed by atoms with Crippen molar-refractivity contribution in [3.05, 3.63) is 46.8 Å². The predicted octanol–water partition coefficient (Wildman–Crippen LogP) is 5.99. The van der Waals surface area contributed by atoms with Gasteiger partial charge >= 0.3 is 5.97 Å². The van der Waals surface area contributed by atoms with Crippen molar-refractivity contribution in [2.24, 2.45) is 35.5 Å². The summed E-state index contributed by atoms with van der Waals surface area (Å²) >= 11 is 0. The van der Waals surface area contributed by atoms with Gasteiger partial charge in [0.15, 0.2) is 11.5 Å². The number of carbonyl (C=O) groups is 1. The molecular formula is C33H45NO5. The third-order valence-corrected chi connectivity index (χ3v) is 11.6. The van der Waals surface area contributed by atoms with Crippen molar-refractivity contribution < 1.29 is 24.1 Å². The molecule has 39 heavy (non-hydrogen) atoms. The van der Waals surface area contributed by atoms with Crippen LogP contribution in [0.15, 0.2) is 46.8 Å². The Hall–Kier alpha value is -2.05. The van der Waals surface area contributed by atoms with Crippen LogP contribution < -0.4 is 0 Å². The van der Waals surface area contributed by atoms with Gasteiger partial charge in [0, 0.05) is 35.9 Å². The number of cyclic esters (lactones) is 1. The van der Waals surface area contributed by atoms with E-state index in [1.54, 1.807) is 14.0 Å². The molecule has 7 rings (SSSR count). The third kappa shape index (κ3) is 4.15. The molecule has 2 aliphatic carbocycles. The lowest BCUT2D eigenvalue weighted by atomic mass is 9.67. The second-order valence-corrected chi connectivity index (χ2v) is 13.4. The first-order valence-electron chi connectivity index (χ1n) is 15.7. The molecule has 1 saturated carbocycles. The van der Waals surface area contributed by atoms with Gasteiger partial charge in [-0.15, -0.1) is 0 Å². The number of carbonyl (C=O) groups excluding carboxylic acids is 1. The monoisotopic (exact) mass is 535 g/mol. The van der Waals surface area contributed by atoms with E-state index in [0.717, 1.165) is 49.0 Å². The molecule has 6 heteroatoms. The molecule has 9 atom stereocenters. The Morgan fingerprint density at radius 2 is 1.82 bits per heavy atom. The van der Waals surface area contributed by atoms with E-state index in [4.69, 9.17) is 14.2 Å². The molecular weight excluding hydrogens is 490 g/mol. The molecule has 0 radical (unpaired) electrons. The highest BCUT2D eigenvalue weighted by atomic mass is 16.6. The number of allylic oxidation sites excluding steroid dienone is 2. The van der Waals surface area contributed by atoms with E-state index in [-0.39, 0.29) is 35.9 Å². The lowest BCUT2D eigenvalue weighted by Gasteiger charge is -2.57. The number of aliphatic hydroxyl groups excluding tert-OH is 1. The SMILES string of the molecule is COC1=C(C)C(=O)OC1=C1OC2=CCC3CCC4CCC(C2C1C)N3C4C(O)C1C=CCC(C2CCCC2)C1. The number of piperidine rings is 2. The number of hydrogen-bond donors (Lipinski definition) is 1. The van der Waals surface area contributed by atoms with Crippen LogP contribution in [0.3, 0.4) is 0 Å². The summed E-state index contributed by atoms with van der Waals surface area (Å²) in [5.41, 5.74) is 0.494. The molecule has 7 aliphatic rings. The first kappa shape index (κ1) is 25.9. The lowest BCUT2D eigenvalue weighted by Crippen LogP contribution is -2.65. The molecule has 2 bridgehead atoms. The molecule has 5 aliphatic heterocycles. The summed E-state index contributed by atoms with van der Waals surface area (Å²) in [7, 11) is 1.58. The topological polar surface area (TPSA) is 68.2 Å². The van der Waals surface area contributed by atoms with Crippen LogP contribution in [0.4, 0.5) is 0 Å². The average Bonchev–Trinajstić information content (AvgIpc) is 3.63. The minimum Gasteiger partial charge on any atom is -0.492 e. The summed E-state index contributed by atoms with van der Waals surface area (Å²) in [5.74, 6) is 5.00. The maximum absolute atomic E-state index is 12.4. The van der Waals surface area contributed by atoms with E-state index in [2.05, 4.69) is 30.1 Å². The number of ether oxygens (including phenoxy) is 3.